The van der Waals surface area contributed by atoms with E-state index in [9.17, 15) is 4.39 Å². The van der Waals surface area contributed by atoms with Crippen LogP contribution in [0.2, 0.25) is 0 Å². The predicted molar refractivity (Wildman–Crippen MR) is 69.4 cm³/mol. The summed E-state index contributed by atoms with van der Waals surface area (Å²) in [6, 6.07) is 5.14. The maximum Gasteiger partial charge on any atom is 0.127 e. The van der Waals surface area contributed by atoms with Gasteiger partial charge in [0.1, 0.15) is 5.82 Å². The van der Waals surface area contributed by atoms with E-state index < -0.39 is 0 Å². The molecule has 0 atom stereocenters. The average Bonchev–Trinajstić information content (AvgIpc) is 2.39. The van der Waals surface area contributed by atoms with Gasteiger partial charge in [-0.25, -0.2) is 4.39 Å². The van der Waals surface area contributed by atoms with Crippen LogP contribution < -0.4 is 5.73 Å². The first kappa shape index (κ1) is 12.9. The average molecular weight is 255 g/mol. The first-order valence-corrected chi connectivity index (χ1v) is 7.01. The first-order valence-electron chi connectivity index (χ1n) is 5.96. The molecule has 0 bridgehead atoms. The molecule has 2 nitrogen and oxygen atoms in total. The van der Waals surface area contributed by atoms with Crippen molar-refractivity contribution in [3.63, 3.8) is 0 Å². The number of halogens is 1. The predicted octanol–water partition coefficient (Wildman–Crippen LogP) is 2.70. The largest absolute Gasteiger partial charge is 0.381 e. The lowest BCUT2D eigenvalue weighted by Gasteiger charge is -2.21. The minimum absolute atomic E-state index is 0.123. The summed E-state index contributed by atoms with van der Waals surface area (Å²) in [4.78, 5) is 0. The Morgan fingerprint density at radius 2 is 2.12 bits per heavy atom. The van der Waals surface area contributed by atoms with E-state index in [4.69, 9.17) is 10.5 Å². The molecule has 1 fully saturated rings. The Bertz CT molecular complexity index is 366. The van der Waals surface area contributed by atoms with Crippen LogP contribution in [0.1, 0.15) is 24.0 Å². The molecule has 2 N–H and O–H groups in total. The van der Waals surface area contributed by atoms with E-state index in [1.54, 1.807) is 6.07 Å². The Morgan fingerprint density at radius 1 is 1.35 bits per heavy atom. The fourth-order valence-corrected chi connectivity index (χ4v) is 3.08. The first-order chi connectivity index (χ1) is 8.29. The molecule has 0 radical (unpaired) electrons. The number of benzene rings is 1. The van der Waals surface area contributed by atoms with E-state index in [-0.39, 0.29) is 5.82 Å². The van der Waals surface area contributed by atoms with Crippen LogP contribution in [-0.2, 0) is 17.0 Å². The van der Waals surface area contributed by atoms with Crippen molar-refractivity contribution in [1.82, 2.24) is 0 Å². The molecule has 0 unspecified atom stereocenters. The molecule has 1 heterocycles. The van der Waals surface area contributed by atoms with Crippen LogP contribution in [0, 0.1) is 5.82 Å². The molecule has 0 aromatic heterocycles. The second kappa shape index (κ2) is 6.38. The summed E-state index contributed by atoms with van der Waals surface area (Å²) in [5.74, 6) is 0.603. The number of rotatable bonds is 4. The van der Waals surface area contributed by atoms with Crippen molar-refractivity contribution in [2.45, 2.75) is 30.4 Å². The third-order valence-corrected chi connectivity index (χ3v) is 4.41. The summed E-state index contributed by atoms with van der Waals surface area (Å²) >= 11 is 1.82. The zero-order valence-electron chi connectivity index (χ0n) is 9.82. The van der Waals surface area contributed by atoms with Gasteiger partial charge in [0, 0.05) is 30.8 Å². The van der Waals surface area contributed by atoms with Crippen LogP contribution in [0.5, 0.6) is 0 Å². The van der Waals surface area contributed by atoms with Gasteiger partial charge in [-0.3, -0.25) is 0 Å². The van der Waals surface area contributed by atoms with Gasteiger partial charge in [0.25, 0.3) is 0 Å². The topological polar surface area (TPSA) is 35.2 Å². The van der Waals surface area contributed by atoms with Crippen molar-refractivity contribution in [3.8, 4) is 0 Å². The lowest BCUT2D eigenvalue weighted by Crippen LogP contribution is -2.17. The summed E-state index contributed by atoms with van der Waals surface area (Å²) in [6.45, 7) is 2.14. The van der Waals surface area contributed by atoms with Crippen LogP contribution in [0.15, 0.2) is 18.2 Å². The van der Waals surface area contributed by atoms with Gasteiger partial charge in [-0.05, 0) is 30.0 Å². The van der Waals surface area contributed by atoms with E-state index in [2.05, 4.69) is 0 Å². The molecular weight excluding hydrogens is 237 g/mol. The molecule has 1 aromatic carbocycles. The fraction of sp³-hybridized carbons (Fsp3) is 0.538. The van der Waals surface area contributed by atoms with Gasteiger partial charge in [0.05, 0.1) is 0 Å². The Morgan fingerprint density at radius 3 is 2.82 bits per heavy atom. The molecular formula is C13H18FNOS. The lowest BCUT2D eigenvalue weighted by molar-refractivity contribution is 0.1000. The van der Waals surface area contributed by atoms with E-state index in [1.807, 2.05) is 17.8 Å². The number of ether oxygens (including phenoxy) is 1. The minimum Gasteiger partial charge on any atom is -0.381 e. The quantitative estimate of drug-likeness (QED) is 0.898. The van der Waals surface area contributed by atoms with Gasteiger partial charge in [0.15, 0.2) is 0 Å². The van der Waals surface area contributed by atoms with Gasteiger partial charge < -0.3 is 10.5 Å². The molecule has 1 aliphatic rings. The number of thioether (sulfide) groups is 1. The normalized spacial score (nSPS) is 17.3. The number of hydrogen-bond donors (Lipinski definition) is 1. The van der Waals surface area contributed by atoms with E-state index in [0.29, 0.717) is 11.8 Å². The molecule has 17 heavy (non-hydrogen) atoms. The van der Waals surface area contributed by atoms with Crippen molar-refractivity contribution < 1.29 is 9.13 Å². The van der Waals surface area contributed by atoms with Crippen LogP contribution in [0.25, 0.3) is 0 Å². The van der Waals surface area contributed by atoms with Gasteiger partial charge in [-0.2, -0.15) is 11.8 Å². The second-order valence-corrected chi connectivity index (χ2v) is 5.54. The molecule has 4 heteroatoms. The van der Waals surface area contributed by atoms with Gasteiger partial charge in [-0.1, -0.05) is 12.1 Å². The SMILES string of the molecule is NCc1ccc(F)c(CSC2CCOCC2)c1. The molecule has 2 rings (SSSR count). The Hall–Kier alpha value is -0.580. The lowest BCUT2D eigenvalue weighted by atomic mass is 10.1. The van der Waals surface area contributed by atoms with E-state index in [1.165, 1.54) is 6.07 Å². The Balaban J connectivity index is 1.92. The monoisotopic (exact) mass is 255 g/mol. The third kappa shape index (κ3) is 3.69. The molecule has 0 saturated carbocycles. The van der Waals surface area contributed by atoms with Crippen molar-refractivity contribution >= 4 is 11.8 Å². The van der Waals surface area contributed by atoms with Gasteiger partial charge >= 0.3 is 0 Å². The zero-order valence-corrected chi connectivity index (χ0v) is 10.6. The Labute approximate surface area is 106 Å². The van der Waals surface area contributed by atoms with E-state index >= 15 is 0 Å². The third-order valence-electron chi connectivity index (χ3n) is 2.99. The highest BCUT2D eigenvalue weighted by Crippen LogP contribution is 2.26. The molecule has 0 spiro atoms. The molecule has 94 valence electrons. The van der Waals surface area contributed by atoms with Crippen molar-refractivity contribution in [2.75, 3.05) is 13.2 Å². The molecule has 0 aliphatic carbocycles. The highest BCUT2D eigenvalue weighted by atomic mass is 32.2. The standard InChI is InChI=1S/C13H18FNOS/c14-13-2-1-10(8-15)7-11(13)9-17-12-3-5-16-6-4-12/h1-2,7,12H,3-6,8-9,15H2. The zero-order chi connectivity index (χ0) is 12.1. The summed E-state index contributed by atoms with van der Waals surface area (Å²) < 4.78 is 18.9. The second-order valence-electron chi connectivity index (χ2n) is 4.25. The summed E-state index contributed by atoms with van der Waals surface area (Å²) in [6.07, 6.45) is 2.14. The summed E-state index contributed by atoms with van der Waals surface area (Å²) in [7, 11) is 0. The highest BCUT2D eigenvalue weighted by Gasteiger charge is 2.15. The molecule has 1 aliphatic heterocycles. The number of hydrogen-bond acceptors (Lipinski definition) is 3. The van der Waals surface area contributed by atoms with Gasteiger partial charge in [-0.15, -0.1) is 0 Å². The molecule has 0 amide bonds. The number of nitrogens with two attached hydrogens (primary N) is 1. The van der Waals surface area contributed by atoms with Crippen LogP contribution in [0.4, 0.5) is 4.39 Å². The smallest absolute Gasteiger partial charge is 0.127 e. The summed E-state index contributed by atoms with van der Waals surface area (Å²) in [5.41, 5.74) is 7.32. The highest BCUT2D eigenvalue weighted by molar-refractivity contribution is 7.99. The maximum atomic E-state index is 13.6. The van der Waals surface area contributed by atoms with Gasteiger partial charge in [0.2, 0.25) is 0 Å². The minimum atomic E-state index is -0.123. The van der Waals surface area contributed by atoms with Crippen molar-refractivity contribution in [2.24, 2.45) is 5.73 Å². The van der Waals surface area contributed by atoms with Crippen molar-refractivity contribution in [1.29, 1.82) is 0 Å². The maximum absolute atomic E-state index is 13.6. The van der Waals surface area contributed by atoms with Crippen LogP contribution in [0.3, 0.4) is 0 Å². The van der Waals surface area contributed by atoms with E-state index in [0.717, 1.165) is 42.9 Å². The molecule has 1 aromatic rings. The van der Waals surface area contributed by atoms with Crippen molar-refractivity contribution in [3.05, 3.63) is 35.1 Å². The Kier molecular flexibility index (Phi) is 4.83. The fourth-order valence-electron chi connectivity index (χ4n) is 1.92. The van der Waals surface area contributed by atoms with Crippen LogP contribution in [-0.4, -0.2) is 18.5 Å². The molecule has 1 saturated heterocycles. The van der Waals surface area contributed by atoms with Crippen LogP contribution >= 0.6 is 11.8 Å². The summed E-state index contributed by atoms with van der Waals surface area (Å²) in [5, 5.41) is 0.602.